The second kappa shape index (κ2) is 8.06. The molecule has 2 aromatic rings. The molecule has 0 aliphatic heterocycles. The van der Waals surface area contributed by atoms with Gasteiger partial charge in [-0.05, 0) is 48.8 Å². The Kier molecular flexibility index (Phi) is 6.10. The number of aromatic nitrogens is 1. The number of rotatable bonds is 5. The fourth-order valence-corrected chi connectivity index (χ4v) is 2.52. The summed E-state index contributed by atoms with van der Waals surface area (Å²) in [4.78, 5) is 4.26. The molecule has 2 N–H and O–H groups in total. The third-order valence-corrected chi connectivity index (χ3v) is 3.83. The molecule has 0 aliphatic rings. The average molecular weight is 338 g/mol. The SMILES string of the molecule is CCc1cccnc1NC(=S)NCCc1c(F)cccc1Cl. The van der Waals surface area contributed by atoms with E-state index in [4.69, 9.17) is 23.8 Å². The fraction of sp³-hybridized carbons (Fsp3) is 0.250. The van der Waals surface area contributed by atoms with E-state index in [0.717, 1.165) is 17.8 Å². The zero-order chi connectivity index (χ0) is 15.9. The Morgan fingerprint density at radius 2 is 2.14 bits per heavy atom. The van der Waals surface area contributed by atoms with E-state index >= 15 is 0 Å². The van der Waals surface area contributed by atoms with E-state index in [1.807, 2.05) is 12.1 Å². The van der Waals surface area contributed by atoms with Crippen molar-refractivity contribution in [3.63, 3.8) is 0 Å². The second-order valence-electron chi connectivity index (χ2n) is 4.70. The average Bonchev–Trinajstić information content (AvgIpc) is 2.51. The molecule has 22 heavy (non-hydrogen) atoms. The summed E-state index contributed by atoms with van der Waals surface area (Å²) in [7, 11) is 0. The Labute approximate surface area is 139 Å². The van der Waals surface area contributed by atoms with Crippen LogP contribution in [0.25, 0.3) is 0 Å². The lowest BCUT2D eigenvalue weighted by Gasteiger charge is -2.13. The normalized spacial score (nSPS) is 10.3. The maximum absolute atomic E-state index is 13.6. The number of hydrogen-bond acceptors (Lipinski definition) is 2. The van der Waals surface area contributed by atoms with Crippen LogP contribution < -0.4 is 10.6 Å². The Morgan fingerprint density at radius 1 is 1.32 bits per heavy atom. The number of hydrogen-bond donors (Lipinski definition) is 2. The number of pyridine rings is 1. The molecule has 0 saturated heterocycles. The molecule has 116 valence electrons. The maximum atomic E-state index is 13.6. The van der Waals surface area contributed by atoms with E-state index in [0.29, 0.717) is 28.7 Å². The standard InChI is InChI=1S/C16H17ClFN3S/c1-2-11-5-4-9-19-15(11)21-16(22)20-10-8-12-13(17)6-3-7-14(12)18/h3-7,9H,2,8,10H2,1H3,(H2,19,20,21,22). The summed E-state index contributed by atoms with van der Waals surface area (Å²) in [6.07, 6.45) is 3.03. The van der Waals surface area contributed by atoms with Crippen LogP contribution in [0.2, 0.25) is 5.02 Å². The third-order valence-electron chi connectivity index (χ3n) is 3.23. The van der Waals surface area contributed by atoms with Crippen molar-refractivity contribution in [2.45, 2.75) is 19.8 Å². The molecule has 0 fully saturated rings. The van der Waals surface area contributed by atoms with Crippen molar-refractivity contribution in [3.8, 4) is 0 Å². The first-order chi connectivity index (χ1) is 10.6. The van der Waals surface area contributed by atoms with Gasteiger partial charge in [-0.15, -0.1) is 0 Å². The van der Waals surface area contributed by atoms with Crippen LogP contribution in [0.4, 0.5) is 10.2 Å². The number of aryl methyl sites for hydroxylation is 1. The van der Waals surface area contributed by atoms with E-state index in [2.05, 4.69) is 22.5 Å². The van der Waals surface area contributed by atoms with Crippen molar-refractivity contribution in [2.75, 3.05) is 11.9 Å². The zero-order valence-electron chi connectivity index (χ0n) is 12.2. The molecule has 0 aliphatic carbocycles. The molecule has 0 saturated carbocycles. The first-order valence-corrected chi connectivity index (χ1v) is 7.82. The summed E-state index contributed by atoms with van der Waals surface area (Å²) in [5.74, 6) is 0.442. The molecule has 3 nitrogen and oxygen atoms in total. The van der Waals surface area contributed by atoms with Crippen LogP contribution in [0.15, 0.2) is 36.5 Å². The van der Waals surface area contributed by atoms with Crippen LogP contribution in [-0.4, -0.2) is 16.6 Å². The molecule has 0 spiro atoms. The van der Waals surface area contributed by atoms with Gasteiger partial charge in [0.05, 0.1) is 0 Å². The molecule has 0 unspecified atom stereocenters. The molecular formula is C16H17ClFN3S. The van der Waals surface area contributed by atoms with Gasteiger partial charge in [-0.1, -0.05) is 30.7 Å². The first-order valence-electron chi connectivity index (χ1n) is 7.03. The van der Waals surface area contributed by atoms with Crippen molar-refractivity contribution in [2.24, 2.45) is 0 Å². The van der Waals surface area contributed by atoms with Crippen molar-refractivity contribution in [1.82, 2.24) is 10.3 Å². The van der Waals surface area contributed by atoms with Crippen molar-refractivity contribution < 1.29 is 4.39 Å². The van der Waals surface area contributed by atoms with E-state index in [1.165, 1.54) is 6.07 Å². The summed E-state index contributed by atoms with van der Waals surface area (Å²) in [5, 5.41) is 6.99. The van der Waals surface area contributed by atoms with Crippen LogP contribution in [-0.2, 0) is 12.8 Å². The lowest BCUT2D eigenvalue weighted by molar-refractivity contribution is 0.607. The summed E-state index contributed by atoms with van der Waals surface area (Å²) < 4.78 is 13.6. The van der Waals surface area contributed by atoms with Gasteiger partial charge in [-0.25, -0.2) is 9.37 Å². The number of benzene rings is 1. The number of nitrogens with zero attached hydrogens (tertiary/aromatic N) is 1. The number of thiocarbonyl (C=S) groups is 1. The van der Waals surface area contributed by atoms with Crippen molar-refractivity contribution >= 4 is 34.7 Å². The minimum Gasteiger partial charge on any atom is -0.362 e. The smallest absolute Gasteiger partial charge is 0.171 e. The third kappa shape index (κ3) is 4.39. The van der Waals surface area contributed by atoms with Gasteiger partial charge in [0.2, 0.25) is 0 Å². The van der Waals surface area contributed by atoms with Gasteiger partial charge in [0.15, 0.2) is 5.11 Å². The predicted octanol–water partition coefficient (Wildman–Crippen LogP) is 3.97. The van der Waals surface area contributed by atoms with Gasteiger partial charge in [0, 0.05) is 23.3 Å². The highest BCUT2D eigenvalue weighted by molar-refractivity contribution is 7.80. The predicted molar refractivity (Wildman–Crippen MR) is 93.0 cm³/mol. The highest BCUT2D eigenvalue weighted by Gasteiger charge is 2.07. The summed E-state index contributed by atoms with van der Waals surface area (Å²) >= 11 is 11.2. The van der Waals surface area contributed by atoms with Crippen LogP contribution in [0, 0.1) is 5.82 Å². The molecule has 0 atom stereocenters. The summed E-state index contributed by atoms with van der Waals surface area (Å²) in [5.41, 5.74) is 1.58. The van der Waals surface area contributed by atoms with E-state index in [-0.39, 0.29) is 5.82 Å². The fourth-order valence-electron chi connectivity index (χ4n) is 2.06. The van der Waals surface area contributed by atoms with Gasteiger partial charge in [-0.3, -0.25) is 0 Å². The molecule has 0 bridgehead atoms. The quantitative estimate of drug-likeness (QED) is 0.810. The Balaban J connectivity index is 1.88. The second-order valence-corrected chi connectivity index (χ2v) is 5.51. The van der Waals surface area contributed by atoms with Crippen LogP contribution >= 0.6 is 23.8 Å². The Hall–Kier alpha value is -1.72. The van der Waals surface area contributed by atoms with Gasteiger partial charge in [0.1, 0.15) is 11.6 Å². The lowest BCUT2D eigenvalue weighted by Crippen LogP contribution is -2.31. The maximum Gasteiger partial charge on any atom is 0.171 e. The highest BCUT2D eigenvalue weighted by atomic mass is 35.5. The summed E-state index contributed by atoms with van der Waals surface area (Å²) in [6, 6.07) is 8.56. The zero-order valence-corrected chi connectivity index (χ0v) is 13.8. The molecule has 1 aromatic heterocycles. The lowest BCUT2D eigenvalue weighted by atomic mass is 10.1. The molecule has 2 rings (SSSR count). The first kappa shape index (κ1) is 16.6. The van der Waals surface area contributed by atoms with Crippen molar-refractivity contribution in [1.29, 1.82) is 0 Å². The van der Waals surface area contributed by atoms with E-state index < -0.39 is 0 Å². The number of anilines is 1. The Bertz CT molecular complexity index is 643. The van der Waals surface area contributed by atoms with Crippen molar-refractivity contribution in [3.05, 3.63) is 58.5 Å². The number of halogens is 2. The van der Waals surface area contributed by atoms with E-state index in [9.17, 15) is 4.39 Å². The topological polar surface area (TPSA) is 37.0 Å². The van der Waals surface area contributed by atoms with E-state index in [1.54, 1.807) is 18.3 Å². The molecule has 6 heteroatoms. The minimum absolute atomic E-state index is 0.300. The minimum atomic E-state index is -0.300. The summed E-state index contributed by atoms with van der Waals surface area (Å²) in [6.45, 7) is 2.54. The molecule has 1 aromatic carbocycles. The Morgan fingerprint density at radius 3 is 2.86 bits per heavy atom. The van der Waals surface area contributed by atoms with Gasteiger partial charge in [0.25, 0.3) is 0 Å². The number of nitrogens with one attached hydrogen (secondary N) is 2. The van der Waals surface area contributed by atoms with Crippen LogP contribution in [0.3, 0.4) is 0 Å². The monoisotopic (exact) mass is 337 g/mol. The van der Waals surface area contributed by atoms with Gasteiger partial charge < -0.3 is 10.6 Å². The molecule has 0 radical (unpaired) electrons. The van der Waals surface area contributed by atoms with Gasteiger partial charge >= 0.3 is 0 Å². The molecular weight excluding hydrogens is 321 g/mol. The molecule has 0 amide bonds. The van der Waals surface area contributed by atoms with Gasteiger partial charge in [-0.2, -0.15) is 0 Å². The molecule has 1 heterocycles. The van der Waals surface area contributed by atoms with Crippen LogP contribution in [0.1, 0.15) is 18.1 Å². The van der Waals surface area contributed by atoms with Crippen LogP contribution in [0.5, 0.6) is 0 Å². The highest BCUT2D eigenvalue weighted by Crippen LogP contribution is 2.19. The largest absolute Gasteiger partial charge is 0.362 e.